The van der Waals surface area contributed by atoms with Gasteiger partial charge >= 0.3 is 6.18 Å². The molecule has 0 bridgehead atoms. The number of aromatic nitrogens is 2. The lowest BCUT2D eigenvalue weighted by atomic mass is 10.2. The predicted octanol–water partition coefficient (Wildman–Crippen LogP) is 4.78. The number of ether oxygens (including phenoxy) is 1. The van der Waals surface area contributed by atoms with Crippen LogP contribution in [0.4, 0.5) is 23.2 Å². The van der Waals surface area contributed by atoms with Crippen LogP contribution in [0.3, 0.4) is 0 Å². The lowest BCUT2D eigenvalue weighted by molar-refractivity contribution is -0.153. The van der Waals surface area contributed by atoms with Gasteiger partial charge in [-0.1, -0.05) is 5.16 Å². The van der Waals surface area contributed by atoms with Gasteiger partial charge in [0.1, 0.15) is 11.6 Å². The van der Waals surface area contributed by atoms with Crippen LogP contribution in [0.15, 0.2) is 53.1 Å². The van der Waals surface area contributed by atoms with Crippen LogP contribution in [0.1, 0.15) is 18.7 Å². The molecule has 30 heavy (non-hydrogen) atoms. The molecule has 0 aliphatic heterocycles. The van der Waals surface area contributed by atoms with E-state index in [0.29, 0.717) is 35.8 Å². The molecule has 0 aliphatic carbocycles. The molecule has 1 amide bonds. The summed E-state index contributed by atoms with van der Waals surface area (Å²) in [6.07, 6.45) is -3.40. The monoisotopic (exact) mass is 423 g/mol. The van der Waals surface area contributed by atoms with Gasteiger partial charge in [-0.2, -0.15) is 18.2 Å². The summed E-state index contributed by atoms with van der Waals surface area (Å²) in [6, 6.07) is 11.3. The minimum absolute atomic E-state index is 0.0543. The number of nitrogens with one attached hydrogen (secondary N) is 1. The molecule has 0 atom stereocenters. The zero-order chi connectivity index (χ0) is 21.6. The highest BCUT2D eigenvalue weighted by Crippen LogP contribution is 2.21. The zero-order valence-corrected chi connectivity index (χ0v) is 15.6. The maximum Gasteiger partial charge on any atom is 0.422 e. The number of rotatable bonds is 8. The standard InChI is InChI=1S/C20H17F4N3O3/c21-14-6-4-13(5-7-14)19-26-18(30-27-19)3-1-2-17(28)25-15-8-10-16(11-9-15)29-12-20(22,23)24/h4-11H,1-3,12H2,(H,25,28). The van der Waals surface area contributed by atoms with Gasteiger partial charge in [0.2, 0.25) is 17.6 Å². The molecule has 0 aliphatic rings. The Morgan fingerprint density at radius 2 is 1.77 bits per heavy atom. The molecular formula is C20H17F4N3O3. The van der Waals surface area contributed by atoms with E-state index in [4.69, 9.17) is 4.52 Å². The van der Waals surface area contributed by atoms with Crippen molar-refractivity contribution in [3.63, 3.8) is 0 Å². The van der Waals surface area contributed by atoms with Crippen molar-refractivity contribution in [2.24, 2.45) is 0 Å². The number of benzene rings is 2. The molecule has 6 nitrogen and oxygen atoms in total. The Labute approximate surface area is 168 Å². The highest BCUT2D eigenvalue weighted by atomic mass is 19.4. The average Bonchev–Trinajstić information content (AvgIpc) is 3.16. The number of amides is 1. The minimum atomic E-state index is -4.41. The second kappa shape index (κ2) is 9.38. The van der Waals surface area contributed by atoms with Gasteiger partial charge in [-0.25, -0.2) is 4.39 Å². The van der Waals surface area contributed by atoms with Crippen molar-refractivity contribution in [2.45, 2.75) is 25.4 Å². The van der Waals surface area contributed by atoms with Crippen molar-refractivity contribution in [1.29, 1.82) is 0 Å². The van der Waals surface area contributed by atoms with E-state index in [2.05, 4.69) is 20.2 Å². The number of nitrogens with zero attached hydrogens (tertiary/aromatic N) is 2. The van der Waals surface area contributed by atoms with Crippen molar-refractivity contribution in [3.8, 4) is 17.1 Å². The fourth-order valence-corrected chi connectivity index (χ4v) is 2.50. The molecule has 3 aromatic rings. The van der Waals surface area contributed by atoms with Crippen molar-refractivity contribution in [2.75, 3.05) is 11.9 Å². The molecule has 1 aromatic heterocycles. The van der Waals surface area contributed by atoms with Crippen molar-refractivity contribution >= 4 is 11.6 Å². The number of hydrogen-bond donors (Lipinski definition) is 1. The maximum absolute atomic E-state index is 13.0. The Balaban J connectivity index is 1.42. The Bertz CT molecular complexity index is 970. The Morgan fingerprint density at radius 3 is 2.43 bits per heavy atom. The normalized spacial score (nSPS) is 11.3. The van der Waals surface area contributed by atoms with Gasteiger partial charge in [0.05, 0.1) is 0 Å². The third-order valence-electron chi connectivity index (χ3n) is 3.91. The number of halogens is 4. The van der Waals surface area contributed by atoms with Gasteiger partial charge in [0, 0.05) is 24.1 Å². The SMILES string of the molecule is O=C(CCCc1nc(-c2ccc(F)cc2)no1)Nc1ccc(OCC(F)(F)F)cc1. The summed E-state index contributed by atoms with van der Waals surface area (Å²) in [5.41, 5.74) is 1.06. The van der Waals surface area contributed by atoms with E-state index in [1.807, 2.05) is 0 Å². The molecule has 0 radical (unpaired) electrons. The van der Waals surface area contributed by atoms with Gasteiger partial charge in [0.25, 0.3) is 0 Å². The quantitative estimate of drug-likeness (QED) is 0.528. The molecule has 2 aromatic carbocycles. The molecule has 0 spiro atoms. The number of carbonyl (C=O) groups excluding carboxylic acids is 1. The predicted molar refractivity (Wildman–Crippen MR) is 99.3 cm³/mol. The largest absolute Gasteiger partial charge is 0.484 e. The number of aryl methyl sites for hydroxylation is 1. The molecule has 0 saturated heterocycles. The van der Waals surface area contributed by atoms with Crippen LogP contribution >= 0.6 is 0 Å². The molecule has 1 heterocycles. The van der Waals surface area contributed by atoms with Crippen molar-refractivity contribution < 1.29 is 31.6 Å². The first-order valence-corrected chi connectivity index (χ1v) is 8.96. The van der Waals surface area contributed by atoms with Gasteiger partial charge in [-0.05, 0) is 55.0 Å². The average molecular weight is 423 g/mol. The topological polar surface area (TPSA) is 77.2 Å². The first-order valence-electron chi connectivity index (χ1n) is 8.96. The van der Waals surface area contributed by atoms with Gasteiger partial charge in [0.15, 0.2) is 6.61 Å². The van der Waals surface area contributed by atoms with Crippen LogP contribution in [-0.2, 0) is 11.2 Å². The van der Waals surface area contributed by atoms with E-state index in [9.17, 15) is 22.4 Å². The zero-order valence-electron chi connectivity index (χ0n) is 15.6. The van der Waals surface area contributed by atoms with E-state index >= 15 is 0 Å². The fraction of sp³-hybridized carbons (Fsp3) is 0.250. The lowest BCUT2D eigenvalue weighted by Gasteiger charge is -2.10. The van der Waals surface area contributed by atoms with Crippen LogP contribution in [0.5, 0.6) is 5.75 Å². The second-order valence-electron chi connectivity index (χ2n) is 6.35. The van der Waals surface area contributed by atoms with E-state index in [1.54, 1.807) is 0 Å². The van der Waals surface area contributed by atoms with Crippen LogP contribution in [0, 0.1) is 5.82 Å². The number of anilines is 1. The highest BCUT2D eigenvalue weighted by Gasteiger charge is 2.28. The summed E-state index contributed by atoms with van der Waals surface area (Å²) in [5, 5.41) is 6.47. The van der Waals surface area contributed by atoms with E-state index in [1.165, 1.54) is 48.5 Å². The van der Waals surface area contributed by atoms with Crippen LogP contribution < -0.4 is 10.1 Å². The summed E-state index contributed by atoms with van der Waals surface area (Å²) in [4.78, 5) is 16.2. The summed E-state index contributed by atoms with van der Waals surface area (Å²) in [7, 11) is 0. The molecule has 3 rings (SSSR count). The smallest absolute Gasteiger partial charge is 0.422 e. The van der Waals surface area contributed by atoms with Gasteiger partial charge in [-0.15, -0.1) is 0 Å². The van der Waals surface area contributed by atoms with Crippen LogP contribution in [0.2, 0.25) is 0 Å². The molecule has 158 valence electrons. The summed E-state index contributed by atoms with van der Waals surface area (Å²) in [5.74, 6) is 0.114. The summed E-state index contributed by atoms with van der Waals surface area (Å²) < 4.78 is 59.1. The van der Waals surface area contributed by atoms with E-state index < -0.39 is 12.8 Å². The first kappa shape index (κ1) is 21.3. The third-order valence-corrected chi connectivity index (χ3v) is 3.91. The molecule has 0 unspecified atom stereocenters. The Morgan fingerprint density at radius 1 is 1.07 bits per heavy atom. The second-order valence-corrected chi connectivity index (χ2v) is 6.35. The van der Waals surface area contributed by atoms with Crippen molar-refractivity contribution in [1.82, 2.24) is 10.1 Å². The first-order chi connectivity index (χ1) is 14.3. The van der Waals surface area contributed by atoms with Crippen LogP contribution in [-0.4, -0.2) is 28.8 Å². The Hall–Kier alpha value is -3.43. The fourth-order valence-electron chi connectivity index (χ4n) is 2.50. The Kier molecular flexibility index (Phi) is 6.65. The maximum atomic E-state index is 13.0. The number of alkyl halides is 3. The molecule has 0 fully saturated rings. The number of carbonyl (C=O) groups is 1. The summed E-state index contributed by atoms with van der Waals surface area (Å²) in [6.45, 7) is -1.38. The molecule has 10 heteroatoms. The number of hydrogen-bond acceptors (Lipinski definition) is 5. The van der Waals surface area contributed by atoms with E-state index in [0.717, 1.165) is 0 Å². The summed E-state index contributed by atoms with van der Waals surface area (Å²) >= 11 is 0. The third kappa shape index (κ3) is 6.57. The molecule has 1 N–H and O–H groups in total. The van der Waals surface area contributed by atoms with Crippen molar-refractivity contribution in [3.05, 3.63) is 60.2 Å². The highest BCUT2D eigenvalue weighted by molar-refractivity contribution is 5.90. The van der Waals surface area contributed by atoms with E-state index in [-0.39, 0.29) is 23.9 Å². The van der Waals surface area contributed by atoms with Crippen LogP contribution in [0.25, 0.3) is 11.4 Å². The van der Waals surface area contributed by atoms with Gasteiger partial charge < -0.3 is 14.6 Å². The lowest BCUT2D eigenvalue weighted by Crippen LogP contribution is -2.19. The minimum Gasteiger partial charge on any atom is -0.484 e. The molecular weight excluding hydrogens is 406 g/mol. The molecule has 0 saturated carbocycles. The van der Waals surface area contributed by atoms with Gasteiger partial charge in [-0.3, -0.25) is 4.79 Å².